The van der Waals surface area contributed by atoms with Crippen LogP contribution in [0, 0.1) is 17.0 Å². The normalized spacial score (nSPS) is 10.2. The van der Waals surface area contributed by atoms with Crippen molar-refractivity contribution in [3.05, 3.63) is 69.8 Å². The fourth-order valence-electron chi connectivity index (χ4n) is 1.58. The molecular formula is C14H13NO3S. The average Bonchev–Trinajstić information content (AvgIpc) is 2.41. The second-order valence-corrected chi connectivity index (χ2v) is 4.75. The summed E-state index contributed by atoms with van der Waals surface area (Å²) in [5.74, 6) is 0.933. The summed E-state index contributed by atoms with van der Waals surface area (Å²) in [6.07, 6.45) is 0. The van der Waals surface area contributed by atoms with Gasteiger partial charge >= 0.3 is 5.69 Å². The lowest BCUT2D eigenvalue weighted by Crippen LogP contribution is -1.93. The van der Waals surface area contributed by atoms with Gasteiger partial charge in [0.05, 0.1) is 22.7 Å². The zero-order valence-corrected chi connectivity index (χ0v) is 11.2. The zero-order valence-electron chi connectivity index (χ0n) is 10.4. The third-order valence-corrected chi connectivity index (χ3v) is 3.28. The van der Waals surface area contributed by atoms with E-state index in [0.29, 0.717) is 5.75 Å². The summed E-state index contributed by atoms with van der Waals surface area (Å²) in [5, 5.41) is 10.9. The van der Waals surface area contributed by atoms with Gasteiger partial charge in [-0.25, -0.2) is 0 Å². The highest BCUT2D eigenvalue weighted by molar-refractivity contribution is 7.94. The first kappa shape index (κ1) is 13.4. The van der Waals surface area contributed by atoms with Crippen LogP contribution >= 0.6 is 12.0 Å². The van der Waals surface area contributed by atoms with Crippen molar-refractivity contribution in [2.24, 2.45) is 0 Å². The van der Waals surface area contributed by atoms with Gasteiger partial charge < -0.3 is 4.18 Å². The van der Waals surface area contributed by atoms with E-state index >= 15 is 0 Å². The maximum absolute atomic E-state index is 10.9. The summed E-state index contributed by atoms with van der Waals surface area (Å²) in [7, 11) is 0. The average molecular weight is 275 g/mol. The Hall–Kier alpha value is -2.01. The van der Waals surface area contributed by atoms with Crippen LogP contribution in [0.1, 0.15) is 11.1 Å². The molecular weight excluding hydrogens is 262 g/mol. The number of hydrogen-bond acceptors (Lipinski definition) is 4. The lowest BCUT2D eigenvalue weighted by Gasteiger charge is -2.05. The first-order valence-corrected chi connectivity index (χ1v) is 6.66. The van der Waals surface area contributed by atoms with Gasteiger partial charge in [0.2, 0.25) is 5.75 Å². The molecule has 0 amide bonds. The van der Waals surface area contributed by atoms with Crippen LogP contribution in [0.5, 0.6) is 5.75 Å². The van der Waals surface area contributed by atoms with Gasteiger partial charge in [-0.15, -0.1) is 0 Å². The summed E-state index contributed by atoms with van der Waals surface area (Å²) in [5.41, 5.74) is 1.95. The molecule has 4 nitrogen and oxygen atoms in total. The number of nitro groups is 1. The minimum Gasteiger partial charge on any atom is -0.418 e. The molecule has 0 aliphatic rings. The molecule has 5 heteroatoms. The van der Waals surface area contributed by atoms with Crippen molar-refractivity contribution in [3.63, 3.8) is 0 Å². The van der Waals surface area contributed by atoms with Gasteiger partial charge in [-0.05, 0) is 24.1 Å². The molecule has 98 valence electrons. The maximum atomic E-state index is 10.9. The molecule has 0 bridgehead atoms. The van der Waals surface area contributed by atoms with Crippen molar-refractivity contribution >= 4 is 17.7 Å². The lowest BCUT2D eigenvalue weighted by molar-refractivity contribution is -0.385. The number of aryl methyl sites for hydroxylation is 1. The number of benzene rings is 2. The van der Waals surface area contributed by atoms with E-state index in [1.54, 1.807) is 12.1 Å². The fraction of sp³-hybridized carbons (Fsp3) is 0.143. The number of hydrogen-bond donors (Lipinski definition) is 0. The van der Waals surface area contributed by atoms with Gasteiger partial charge in [0.15, 0.2) is 0 Å². The van der Waals surface area contributed by atoms with Crippen molar-refractivity contribution in [2.75, 3.05) is 0 Å². The lowest BCUT2D eigenvalue weighted by atomic mass is 10.2. The van der Waals surface area contributed by atoms with E-state index in [2.05, 4.69) is 0 Å². The van der Waals surface area contributed by atoms with E-state index in [9.17, 15) is 10.1 Å². The first-order valence-electron chi connectivity index (χ1n) is 5.75. The highest BCUT2D eigenvalue weighted by Crippen LogP contribution is 2.31. The largest absolute Gasteiger partial charge is 0.418 e. The van der Waals surface area contributed by atoms with Crippen LogP contribution in [0.4, 0.5) is 5.69 Å². The highest BCUT2D eigenvalue weighted by Gasteiger charge is 2.15. The number of nitrogens with zero attached hydrogens (tertiary/aromatic N) is 1. The van der Waals surface area contributed by atoms with Gasteiger partial charge in [-0.3, -0.25) is 10.1 Å². The Morgan fingerprint density at radius 2 is 1.95 bits per heavy atom. The van der Waals surface area contributed by atoms with E-state index in [4.69, 9.17) is 4.18 Å². The maximum Gasteiger partial charge on any atom is 0.312 e. The predicted molar refractivity (Wildman–Crippen MR) is 76.2 cm³/mol. The van der Waals surface area contributed by atoms with Crippen molar-refractivity contribution < 1.29 is 9.11 Å². The van der Waals surface area contributed by atoms with Crippen LogP contribution in [0.25, 0.3) is 0 Å². The summed E-state index contributed by atoms with van der Waals surface area (Å²) in [6, 6.07) is 14.8. The Morgan fingerprint density at radius 1 is 1.21 bits per heavy atom. The Bertz CT molecular complexity index is 572. The van der Waals surface area contributed by atoms with Gasteiger partial charge in [0.25, 0.3) is 0 Å². The Kier molecular flexibility index (Phi) is 4.41. The second-order valence-electron chi connectivity index (χ2n) is 4.06. The van der Waals surface area contributed by atoms with Gasteiger partial charge in [-0.2, -0.15) is 0 Å². The number of nitro benzene ring substituents is 1. The molecule has 0 N–H and O–H groups in total. The molecule has 0 atom stereocenters. The second kappa shape index (κ2) is 6.24. The van der Waals surface area contributed by atoms with Crippen LogP contribution < -0.4 is 4.18 Å². The molecule has 2 rings (SSSR count). The van der Waals surface area contributed by atoms with Crippen LogP contribution in [-0.4, -0.2) is 4.92 Å². The minimum atomic E-state index is -0.425. The third kappa shape index (κ3) is 3.72. The van der Waals surface area contributed by atoms with Crippen molar-refractivity contribution in [1.29, 1.82) is 0 Å². The topological polar surface area (TPSA) is 52.4 Å². The molecule has 0 radical (unpaired) electrons. The molecule has 0 unspecified atom stereocenters. The van der Waals surface area contributed by atoms with Crippen LogP contribution in [0.2, 0.25) is 0 Å². The summed E-state index contributed by atoms with van der Waals surface area (Å²) in [4.78, 5) is 10.5. The first-order chi connectivity index (χ1) is 9.16. The van der Waals surface area contributed by atoms with Crippen LogP contribution in [-0.2, 0) is 5.75 Å². The van der Waals surface area contributed by atoms with Gasteiger partial charge in [-0.1, -0.05) is 36.4 Å². The van der Waals surface area contributed by atoms with E-state index in [-0.39, 0.29) is 11.4 Å². The summed E-state index contributed by atoms with van der Waals surface area (Å²) in [6.45, 7) is 1.81. The fourth-order valence-corrected chi connectivity index (χ4v) is 2.23. The molecule has 0 saturated carbocycles. The smallest absolute Gasteiger partial charge is 0.312 e. The molecule has 0 fully saturated rings. The molecule has 0 aliphatic heterocycles. The minimum absolute atomic E-state index is 0.000520. The molecule has 0 spiro atoms. The van der Waals surface area contributed by atoms with Crippen molar-refractivity contribution in [1.82, 2.24) is 0 Å². The van der Waals surface area contributed by atoms with E-state index in [1.165, 1.54) is 18.1 Å². The quantitative estimate of drug-likeness (QED) is 0.467. The van der Waals surface area contributed by atoms with Crippen LogP contribution in [0.15, 0.2) is 48.5 Å². The Balaban J connectivity index is 2.02. The molecule has 0 saturated heterocycles. The van der Waals surface area contributed by atoms with Crippen molar-refractivity contribution in [3.8, 4) is 5.75 Å². The molecule has 2 aromatic carbocycles. The summed E-state index contributed by atoms with van der Waals surface area (Å²) < 4.78 is 5.43. The van der Waals surface area contributed by atoms with Gasteiger partial charge in [0, 0.05) is 6.07 Å². The third-order valence-electron chi connectivity index (χ3n) is 2.53. The van der Waals surface area contributed by atoms with Crippen molar-refractivity contribution in [2.45, 2.75) is 12.7 Å². The molecule has 19 heavy (non-hydrogen) atoms. The van der Waals surface area contributed by atoms with Gasteiger partial charge in [0.1, 0.15) is 0 Å². The molecule has 0 aliphatic carbocycles. The molecule has 0 heterocycles. The van der Waals surface area contributed by atoms with E-state index in [1.807, 2.05) is 37.3 Å². The van der Waals surface area contributed by atoms with Crippen LogP contribution in [0.3, 0.4) is 0 Å². The standard InChI is InChI=1S/C14H13NO3S/c1-11-7-8-14(13(9-11)15(16)17)18-19-10-12-5-3-2-4-6-12/h2-9H,10H2,1H3. The van der Waals surface area contributed by atoms with E-state index in [0.717, 1.165) is 11.1 Å². The zero-order chi connectivity index (χ0) is 13.7. The highest BCUT2D eigenvalue weighted by atomic mass is 32.2. The molecule has 2 aromatic rings. The monoisotopic (exact) mass is 275 g/mol. The Morgan fingerprint density at radius 3 is 2.63 bits per heavy atom. The molecule has 0 aromatic heterocycles. The number of rotatable bonds is 5. The predicted octanol–water partition coefficient (Wildman–Crippen LogP) is 4.13. The van der Waals surface area contributed by atoms with E-state index < -0.39 is 4.92 Å². The summed E-state index contributed by atoms with van der Waals surface area (Å²) >= 11 is 1.19. The SMILES string of the molecule is Cc1ccc(OSCc2ccccc2)c([N+](=O)[O-])c1. The Labute approximate surface area is 115 Å².